The molecule has 0 saturated carbocycles. The van der Waals surface area contributed by atoms with Crippen LogP contribution in [0.25, 0.3) is 0 Å². The first-order chi connectivity index (χ1) is 7.04. The standard InChI is InChI=1S/C10H10BrFO3/c1-2-15-9(14)4-6-3-7(11)5-8(13)10(6)12/h3,5,13H,2,4H2,1H3. The highest BCUT2D eigenvalue weighted by atomic mass is 79.9. The summed E-state index contributed by atoms with van der Waals surface area (Å²) in [5.41, 5.74) is 0.111. The summed E-state index contributed by atoms with van der Waals surface area (Å²) in [5.74, 6) is -1.79. The highest BCUT2D eigenvalue weighted by molar-refractivity contribution is 9.10. The number of aromatic hydroxyl groups is 1. The minimum Gasteiger partial charge on any atom is -0.505 e. The number of phenolic OH excluding ortho intramolecular Hbond substituents is 1. The number of carbonyl (C=O) groups is 1. The van der Waals surface area contributed by atoms with Crippen molar-refractivity contribution >= 4 is 21.9 Å². The van der Waals surface area contributed by atoms with Gasteiger partial charge in [0.1, 0.15) is 0 Å². The van der Waals surface area contributed by atoms with Gasteiger partial charge in [-0.05, 0) is 19.1 Å². The van der Waals surface area contributed by atoms with E-state index in [0.717, 1.165) is 0 Å². The first-order valence-electron chi connectivity index (χ1n) is 4.37. The zero-order valence-electron chi connectivity index (χ0n) is 8.09. The van der Waals surface area contributed by atoms with E-state index in [2.05, 4.69) is 20.7 Å². The Morgan fingerprint density at radius 2 is 2.27 bits per heavy atom. The molecule has 1 rings (SSSR count). The molecular weight excluding hydrogens is 267 g/mol. The van der Waals surface area contributed by atoms with E-state index in [0.29, 0.717) is 4.47 Å². The van der Waals surface area contributed by atoms with Crippen LogP contribution in [0.1, 0.15) is 12.5 Å². The van der Waals surface area contributed by atoms with Crippen molar-refractivity contribution in [2.24, 2.45) is 0 Å². The van der Waals surface area contributed by atoms with Crippen molar-refractivity contribution in [2.75, 3.05) is 6.61 Å². The van der Waals surface area contributed by atoms with Gasteiger partial charge in [0, 0.05) is 10.0 Å². The number of ether oxygens (including phenoxy) is 1. The van der Waals surface area contributed by atoms with Crippen LogP contribution in [0.5, 0.6) is 5.75 Å². The molecule has 0 aliphatic heterocycles. The van der Waals surface area contributed by atoms with Crippen molar-refractivity contribution in [2.45, 2.75) is 13.3 Å². The number of halogens is 2. The second-order valence-electron chi connectivity index (χ2n) is 2.88. The van der Waals surface area contributed by atoms with Gasteiger partial charge >= 0.3 is 5.97 Å². The summed E-state index contributed by atoms with van der Waals surface area (Å²) in [6.07, 6.45) is -0.188. The van der Waals surface area contributed by atoms with Gasteiger partial charge < -0.3 is 9.84 Å². The Labute approximate surface area is 95.0 Å². The molecule has 0 heterocycles. The maximum Gasteiger partial charge on any atom is 0.310 e. The number of carbonyl (C=O) groups excluding carboxylic acids is 1. The van der Waals surface area contributed by atoms with E-state index in [1.807, 2.05) is 0 Å². The molecule has 1 aromatic rings. The summed E-state index contributed by atoms with van der Waals surface area (Å²) in [6.45, 7) is 1.92. The van der Waals surface area contributed by atoms with Gasteiger partial charge in [-0.2, -0.15) is 0 Å². The Bertz CT molecular complexity index is 379. The van der Waals surface area contributed by atoms with Crippen LogP contribution in [-0.2, 0) is 16.0 Å². The average molecular weight is 277 g/mol. The second kappa shape index (κ2) is 5.11. The Kier molecular flexibility index (Phi) is 4.08. The lowest BCUT2D eigenvalue weighted by Gasteiger charge is -2.05. The van der Waals surface area contributed by atoms with Crippen molar-refractivity contribution in [3.05, 3.63) is 28.0 Å². The van der Waals surface area contributed by atoms with Gasteiger partial charge in [-0.3, -0.25) is 4.79 Å². The van der Waals surface area contributed by atoms with Crippen LogP contribution in [0.4, 0.5) is 4.39 Å². The fraction of sp³-hybridized carbons (Fsp3) is 0.300. The molecule has 0 aromatic heterocycles. The average Bonchev–Trinajstić information content (AvgIpc) is 2.13. The maximum atomic E-state index is 13.3. The normalized spacial score (nSPS) is 10.1. The molecule has 0 spiro atoms. The number of esters is 1. The Balaban J connectivity index is 2.89. The SMILES string of the molecule is CCOC(=O)Cc1cc(Br)cc(O)c1F. The molecule has 0 unspecified atom stereocenters. The Morgan fingerprint density at radius 3 is 2.87 bits per heavy atom. The molecular formula is C10H10BrFO3. The molecule has 0 aliphatic rings. The predicted molar refractivity (Wildman–Crippen MR) is 56.1 cm³/mol. The smallest absolute Gasteiger partial charge is 0.310 e. The number of phenols is 1. The van der Waals surface area contributed by atoms with Crippen LogP contribution in [0.15, 0.2) is 16.6 Å². The first-order valence-corrected chi connectivity index (χ1v) is 5.16. The van der Waals surface area contributed by atoms with Crippen LogP contribution in [0, 0.1) is 5.82 Å². The molecule has 15 heavy (non-hydrogen) atoms. The summed E-state index contributed by atoms with van der Waals surface area (Å²) in [6, 6.07) is 2.66. The molecule has 0 fully saturated rings. The van der Waals surface area contributed by atoms with Gasteiger partial charge in [-0.15, -0.1) is 0 Å². The highest BCUT2D eigenvalue weighted by Crippen LogP contribution is 2.25. The van der Waals surface area contributed by atoms with Gasteiger partial charge in [-0.25, -0.2) is 4.39 Å². The minimum absolute atomic E-state index is 0.111. The molecule has 0 saturated heterocycles. The quantitative estimate of drug-likeness (QED) is 0.863. The topological polar surface area (TPSA) is 46.5 Å². The van der Waals surface area contributed by atoms with Crippen molar-refractivity contribution in [3.63, 3.8) is 0 Å². The zero-order valence-corrected chi connectivity index (χ0v) is 9.67. The van der Waals surface area contributed by atoms with E-state index >= 15 is 0 Å². The Morgan fingerprint density at radius 1 is 1.60 bits per heavy atom. The number of rotatable bonds is 3. The van der Waals surface area contributed by atoms with E-state index < -0.39 is 17.5 Å². The molecule has 5 heteroatoms. The summed E-state index contributed by atoms with van der Waals surface area (Å²) >= 11 is 3.10. The van der Waals surface area contributed by atoms with Crippen molar-refractivity contribution < 1.29 is 19.0 Å². The number of hydrogen-bond acceptors (Lipinski definition) is 3. The predicted octanol–water partition coefficient (Wildman–Crippen LogP) is 2.40. The largest absolute Gasteiger partial charge is 0.505 e. The summed E-state index contributed by atoms with van der Waals surface area (Å²) in [5, 5.41) is 9.17. The lowest BCUT2D eigenvalue weighted by atomic mass is 10.1. The van der Waals surface area contributed by atoms with Crippen molar-refractivity contribution in [1.82, 2.24) is 0 Å². The van der Waals surface area contributed by atoms with Gasteiger partial charge in [0.2, 0.25) is 0 Å². The summed E-state index contributed by atoms with van der Waals surface area (Å²) in [4.78, 5) is 11.1. The van der Waals surface area contributed by atoms with E-state index in [9.17, 15) is 9.18 Å². The second-order valence-corrected chi connectivity index (χ2v) is 3.80. The molecule has 82 valence electrons. The lowest BCUT2D eigenvalue weighted by molar-refractivity contribution is -0.142. The summed E-state index contributed by atoms with van der Waals surface area (Å²) < 4.78 is 18.5. The maximum absolute atomic E-state index is 13.3. The molecule has 0 atom stereocenters. The van der Waals surface area contributed by atoms with Gasteiger partial charge in [0.15, 0.2) is 11.6 Å². The third-order valence-electron chi connectivity index (χ3n) is 1.73. The van der Waals surface area contributed by atoms with Gasteiger partial charge in [-0.1, -0.05) is 15.9 Å². The number of hydrogen-bond donors (Lipinski definition) is 1. The first kappa shape index (κ1) is 12.0. The summed E-state index contributed by atoms with van der Waals surface area (Å²) in [7, 11) is 0. The molecule has 1 N–H and O–H groups in total. The fourth-order valence-electron chi connectivity index (χ4n) is 1.13. The minimum atomic E-state index is -0.786. The lowest BCUT2D eigenvalue weighted by Crippen LogP contribution is -2.08. The van der Waals surface area contributed by atoms with Crippen LogP contribution in [-0.4, -0.2) is 17.7 Å². The third-order valence-corrected chi connectivity index (χ3v) is 2.19. The molecule has 0 radical (unpaired) electrons. The molecule has 0 bridgehead atoms. The molecule has 3 nitrogen and oxygen atoms in total. The molecule has 0 amide bonds. The van der Waals surface area contributed by atoms with Gasteiger partial charge in [0.05, 0.1) is 13.0 Å². The monoisotopic (exact) mass is 276 g/mol. The third kappa shape index (κ3) is 3.20. The van der Waals surface area contributed by atoms with E-state index in [1.54, 1.807) is 6.92 Å². The van der Waals surface area contributed by atoms with Crippen molar-refractivity contribution in [3.8, 4) is 5.75 Å². The highest BCUT2D eigenvalue weighted by Gasteiger charge is 2.13. The van der Waals surface area contributed by atoms with Crippen molar-refractivity contribution in [1.29, 1.82) is 0 Å². The van der Waals surface area contributed by atoms with Crippen LogP contribution >= 0.6 is 15.9 Å². The zero-order chi connectivity index (χ0) is 11.4. The molecule has 1 aromatic carbocycles. The number of benzene rings is 1. The van der Waals surface area contributed by atoms with Crippen LogP contribution < -0.4 is 0 Å². The van der Waals surface area contributed by atoms with Gasteiger partial charge in [0.25, 0.3) is 0 Å². The van der Waals surface area contributed by atoms with E-state index in [-0.39, 0.29) is 18.6 Å². The molecule has 0 aliphatic carbocycles. The fourth-order valence-corrected chi connectivity index (χ4v) is 1.62. The van der Waals surface area contributed by atoms with Crippen LogP contribution in [0.3, 0.4) is 0 Å². The van der Waals surface area contributed by atoms with E-state index in [1.165, 1.54) is 12.1 Å². The van der Waals surface area contributed by atoms with E-state index in [4.69, 9.17) is 5.11 Å². The van der Waals surface area contributed by atoms with Crippen LogP contribution in [0.2, 0.25) is 0 Å². The Hall–Kier alpha value is -1.10.